The van der Waals surface area contributed by atoms with Crippen LogP contribution < -0.4 is 10.6 Å². The van der Waals surface area contributed by atoms with Gasteiger partial charge in [-0.2, -0.15) is 0 Å². The normalized spacial score (nSPS) is 11.4. The zero-order chi connectivity index (χ0) is 34.2. The Morgan fingerprint density at radius 2 is 1.66 bits per heavy atom. The molecule has 2 amide bonds. The number of halogens is 1. The van der Waals surface area contributed by atoms with Gasteiger partial charge >= 0.3 is 11.9 Å². The Balaban J connectivity index is 1.57. The van der Waals surface area contributed by atoms with E-state index in [0.29, 0.717) is 11.3 Å². The van der Waals surface area contributed by atoms with E-state index in [1.165, 1.54) is 48.5 Å². The van der Waals surface area contributed by atoms with Crippen LogP contribution in [0.1, 0.15) is 62.5 Å². The summed E-state index contributed by atoms with van der Waals surface area (Å²) in [5.74, 6) is -2.63. The Morgan fingerprint density at radius 3 is 2.28 bits per heavy atom. The molecule has 0 radical (unpaired) electrons. The minimum atomic E-state index is -0.829. The number of carbonyl (C=O) groups excluding carboxylic acids is 4. The number of aromatic nitrogens is 3. The van der Waals surface area contributed by atoms with Crippen LogP contribution in [0.5, 0.6) is 0 Å². The Labute approximate surface area is 275 Å². The highest BCUT2D eigenvalue weighted by Gasteiger charge is 2.29. The third-order valence-electron chi connectivity index (χ3n) is 6.51. The highest BCUT2D eigenvalue weighted by molar-refractivity contribution is 8.00. The number of thiophene rings is 1. The predicted octanol–water partition coefficient (Wildman–Crippen LogP) is 5.09. The largest absolute Gasteiger partial charge is 0.462 e. The summed E-state index contributed by atoms with van der Waals surface area (Å²) in [4.78, 5) is 61.9. The fourth-order valence-electron chi connectivity index (χ4n) is 4.20. The molecule has 2 heterocycles. The van der Waals surface area contributed by atoms with Crippen LogP contribution in [-0.4, -0.2) is 61.9 Å². The second kappa shape index (κ2) is 15.4. The summed E-state index contributed by atoms with van der Waals surface area (Å²) < 4.78 is 25.6. The van der Waals surface area contributed by atoms with Gasteiger partial charge in [-0.1, -0.05) is 11.8 Å². The van der Waals surface area contributed by atoms with Crippen molar-refractivity contribution < 1.29 is 38.0 Å². The minimum Gasteiger partial charge on any atom is -0.462 e. The smallest absolute Gasteiger partial charge is 0.348 e. The van der Waals surface area contributed by atoms with Gasteiger partial charge in [0.25, 0.3) is 11.6 Å². The molecule has 0 bridgehead atoms. The van der Waals surface area contributed by atoms with Crippen molar-refractivity contribution >= 4 is 57.5 Å². The first kappa shape index (κ1) is 34.7. The summed E-state index contributed by atoms with van der Waals surface area (Å²) >= 11 is 1.90. The molecule has 4 aromatic rings. The molecule has 0 aliphatic rings. The first-order valence-electron chi connectivity index (χ1n) is 14.1. The number of hydrogen-bond donors (Lipinski definition) is 2. The summed E-state index contributed by atoms with van der Waals surface area (Å²) in [5.41, 5.74) is 0.831. The van der Waals surface area contributed by atoms with Gasteiger partial charge in [0.15, 0.2) is 11.0 Å². The number of carbonyl (C=O) groups is 4. The zero-order valence-electron chi connectivity index (χ0n) is 25.6. The van der Waals surface area contributed by atoms with Crippen molar-refractivity contribution in [1.82, 2.24) is 20.1 Å². The summed E-state index contributed by atoms with van der Waals surface area (Å²) in [6, 6.07) is 10.5. The number of hydrogen-bond acceptors (Lipinski definition) is 12. The summed E-state index contributed by atoms with van der Waals surface area (Å²) in [6.45, 7) is 6.52. The molecule has 17 heteroatoms. The molecule has 2 N–H and O–H groups in total. The predicted molar refractivity (Wildman–Crippen MR) is 171 cm³/mol. The van der Waals surface area contributed by atoms with Crippen LogP contribution in [0.15, 0.2) is 53.7 Å². The van der Waals surface area contributed by atoms with Gasteiger partial charge in [-0.3, -0.25) is 24.3 Å². The second-order valence-corrected chi connectivity index (χ2v) is 12.0. The lowest BCUT2D eigenvalue weighted by Gasteiger charge is -2.14. The Hall–Kier alpha value is -5.16. The molecule has 14 nitrogen and oxygen atoms in total. The van der Waals surface area contributed by atoms with E-state index in [-0.39, 0.29) is 57.4 Å². The number of non-ortho nitro benzene ring substituents is 1. The molecule has 47 heavy (non-hydrogen) atoms. The summed E-state index contributed by atoms with van der Waals surface area (Å²) in [7, 11) is 0. The van der Waals surface area contributed by atoms with E-state index in [4.69, 9.17) is 9.47 Å². The molecule has 0 saturated carbocycles. The third-order valence-corrected chi connectivity index (χ3v) is 8.74. The lowest BCUT2D eigenvalue weighted by Crippen LogP contribution is -2.25. The van der Waals surface area contributed by atoms with Gasteiger partial charge in [-0.15, -0.1) is 21.5 Å². The first-order chi connectivity index (χ1) is 22.4. The molecular weight excluding hydrogens is 655 g/mol. The maximum Gasteiger partial charge on any atom is 0.348 e. The van der Waals surface area contributed by atoms with Gasteiger partial charge in [0, 0.05) is 23.4 Å². The van der Waals surface area contributed by atoms with Crippen LogP contribution in [0, 0.1) is 22.9 Å². The molecule has 1 atom stereocenters. The topological polar surface area (TPSA) is 185 Å². The number of ether oxygens (including phenoxy) is 2. The number of esters is 2. The van der Waals surface area contributed by atoms with Crippen LogP contribution in [0.4, 0.5) is 15.1 Å². The van der Waals surface area contributed by atoms with Crippen molar-refractivity contribution in [1.29, 1.82) is 0 Å². The lowest BCUT2D eigenvalue weighted by molar-refractivity contribution is -0.384. The number of benzene rings is 2. The molecule has 4 rings (SSSR count). The highest BCUT2D eigenvalue weighted by atomic mass is 32.2. The maximum absolute atomic E-state index is 13.8. The van der Waals surface area contributed by atoms with Crippen molar-refractivity contribution in [2.45, 2.75) is 44.6 Å². The van der Waals surface area contributed by atoms with Crippen molar-refractivity contribution in [2.24, 2.45) is 0 Å². The molecule has 246 valence electrons. The first-order valence-corrected chi connectivity index (χ1v) is 15.8. The third kappa shape index (κ3) is 8.17. The Kier molecular flexibility index (Phi) is 11.4. The maximum atomic E-state index is 13.8. The molecule has 0 spiro atoms. The van der Waals surface area contributed by atoms with E-state index in [1.54, 1.807) is 32.3 Å². The van der Waals surface area contributed by atoms with Gasteiger partial charge in [0.2, 0.25) is 5.91 Å². The molecule has 2 aromatic heterocycles. The number of rotatable bonds is 13. The van der Waals surface area contributed by atoms with Gasteiger partial charge < -0.3 is 20.1 Å². The SMILES string of the molecule is CCOC(=O)c1sc(NC(=O)[C@@H](C)Sc2nnc(CNC(=O)c3ccc([N+](=O)[O-])cc3)n2-c2ccc(F)cc2)c(C(=O)OCC)c1C. The van der Waals surface area contributed by atoms with Crippen LogP contribution >= 0.6 is 23.1 Å². The summed E-state index contributed by atoms with van der Waals surface area (Å²) in [6.07, 6.45) is 0. The van der Waals surface area contributed by atoms with Crippen LogP contribution in [-0.2, 0) is 20.8 Å². The molecular formula is C30H29FN6O8S2. The second-order valence-electron chi connectivity index (χ2n) is 9.65. The van der Waals surface area contributed by atoms with E-state index >= 15 is 0 Å². The number of anilines is 1. The molecule has 2 aromatic carbocycles. The lowest BCUT2D eigenvalue weighted by atomic mass is 10.1. The Bertz CT molecular complexity index is 1810. The fourth-order valence-corrected chi connectivity index (χ4v) is 6.18. The standard InChI is InChI=1S/C30H29FN6O8S2/c1-5-44-28(40)23-16(3)24(29(41)45-6-2)47-27(23)33-25(38)17(4)46-30-35-34-22(36(30)20-13-9-19(31)10-14-20)15-32-26(39)18-7-11-21(12-8-18)37(42)43/h7-14,17H,5-6,15H2,1-4H3,(H,32,39)(H,33,38)/t17-/m1/s1. The average Bonchev–Trinajstić information content (AvgIpc) is 3.60. The van der Waals surface area contributed by atoms with E-state index < -0.39 is 39.7 Å². The van der Waals surface area contributed by atoms with Crippen LogP contribution in [0.2, 0.25) is 0 Å². The number of nitrogens with zero attached hydrogens (tertiary/aromatic N) is 4. The number of nitrogens with one attached hydrogen (secondary N) is 2. The van der Waals surface area contributed by atoms with Gasteiger partial charge in [-0.05, 0) is 69.7 Å². The Morgan fingerprint density at radius 1 is 1.02 bits per heavy atom. The van der Waals surface area contributed by atoms with E-state index in [1.807, 2.05) is 0 Å². The van der Waals surface area contributed by atoms with Gasteiger partial charge in [0.1, 0.15) is 15.7 Å². The molecule has 0 aliphatic heterocycles. The van der Waals surface area contributed by atoms with Crippen molar-refractivity contribution in [2.75, 3.05) is 18.5 Å². The van der Waals surface area contributed by atoms with Crippen molar-refractivity contribution in [3.8, 4) is 5.69 Å². The molecule has 0 aliphatic carbocycles. The molecule has 0 unspecified atom stereocenters. The zero-order valence-corrected chi connectivity index (χ0v) is 27.2. The number of thioether (sulfide) groups is 1. The van der Waals surface area contributed by atoms with E-state index in [0.717, 1.165) is 23.1 Å². The molecule has 0 fully saturated rings. The quantitative estimate of drug-likeness (QED) is 0.0828. The van der Waals surface area contributed by atoms with E-state index in [9.17, 15) is 33.7 Å². The van der Waals surface area contributed by atoms with Crippen molar-refractivity contribution in [3.05, 3.63) is 91.9 Å². The number of nitro benzene ring substituents is 1. The summed E-state index contributed by atoms with van der Waals surface area (Å²) in [5, 5.41) is 24.2. The number of amides is 2. The van der Waals surface area contributed by atoms with Gasteiger partial charge in [0.05, 0.1) is 35.5 Å². The van der Waals surface area contributed by atoms with Crippen molar-refractivity contribution in [3.63, 3.8) is 0 Å². The average molecular weight is 685 g/mol. The van der Waals surface area contributed by atoms with Gasteiger partial charge in [-0.25, -0.2) is 14.0 Å². The van der Waals surface area contributed by atoms with Crippen LogP contribution in [0.25, 0.3) is 5.69 Å². The molecule has 0 saturated heterocycles. The van der Waals surface area contributed by atoms with Crippen LogP contribution in [0.3, 0.4) is 0 Å². The minimum absolute atomic E-state index is 0.0472. The highest BCUT2D eigenvalue weighted by Crippen LogP contribution is 2.35. The number of nitro groups is 1. The van der Waals surface area contributed by atoms with E-state index in [2.05, 4.69) is 20.8 Å². The monoisotopic (exact) mass is 684 g/mol. The fraction of sp³-hybridized carbons (Fsp3) is 0.267.